The molecule has 0 saturated carbocycles. The molecule has 0 bridgehead atoms. The van der Waals surface area contributed by atoms with E-state index in [0.29, 0.717) is 16.9 Å². The number of hydrogen-bond acceptors (Lipinski definition) is 1. The highest BCUT2D eigenvalue weighted by molar-refractivity contribution is 6.31. The van der Waals surface area contributed by atoms with Crippen molar-refractivity contribution in [2.45, 2.75) is 12.8 Å². The molecule has 0 radical (unpaired) electrons. The Bertz CT molecular complexity index is 796. The Labute approximate surface area is 125 Å². The van der Waals surface area contributed by atoms with Crippen molar-refractivity contribution in [1.82, 2.24) is 9.55 Å². The summed E-state index contributed by atoms with van der Waals surface area (Å²) in [7, 11) is 0. The van der Waals surface area contributed by atoms with Gasteiger partial charge in [-0.25, -0.2) is 9.37 Å². The third-order valence-electron chi connectivity index (χ3n) is 3.15. The van der Waals surface area contributed by atoms with Crippen LogP contribution in [0.1, 0.15) is 11.4 Å². The van der Waals surface area contributed by atoms with E-state index in [9.17, 15) is 4.39 Å². The average molecular weight is 309 g/mol. The minimum Gasteiger partial charge on any atom is -0.295 e. The van der Waals surface area contributed by atoms with Crippen LogP contribution in [0.4, 0.5) is 4.39 Å². The summed E-state index contributed by atoms with van der Waals surface area (Å²) in [5.41, 5.74) is 3.31. The minimum atomic E-state index is -0.464. The number of fused-ring (bicyclic) bond motifs is 1. The van der Waals surface area contributed by atoms with Crippen LogP contribution in [0, 0.1) is 12.7 Å². The second-order valence-electron chi connectivity index (χ2n) is 4.59. The van der Waals surface area contributed by atoms with Gasteiger partial charge in [0.2, 0.25) is 0 Å². The number of halogens is 3. The number of imidazole rings is 1. The number of aromatic nitrogens is 2. The van der Waals surface area contributed by atoms with Crippen LogP contribution >= 0.6 is 23.2 Å². The molecule has 0 aliphatic rings. The molecule has 102 valence electrons. The second kappa shape index (κ2) is 5.08. The molecule has 0 spiro atoms. The summed E-state index contributed by atoms with van der Waals surface area (Å²) < 4.78 is 15.6. The highest BCUT2D eigenvalue weighted by Gasteiger charge is 2.14. The maximum absolute atomic E-state index is 13.7. The van der Waals surface area contributed by atoms with Crippen molar-refractivity contribution in [1.29, 1.82) is 0 Å². The summed E-state index contributed by atoms with van der Waals surface area (Å²) in [6.07, 6.45) is 0. The molecule has 3 aromatic rings. The Hall–Kier alpha value is -1.58. The van der Waals surface area contributed by atoms with Gasteiger partial charge in [-0.3, -0.25) is 4.57 Å². The van der Waals surface area contributed by atoms with Gasteiger partial charge in [0, 0.05) is 11.8 Å². The lowest BCUT2D eigenvalue weighted by Gasteiger charge is -2.08. The van der Waals surface area contributed by atoms with Crippen LogP contribution in [-0.2, 0) is 5.88 Å². The molecule has 5 heteroatoms. The van der Waals surface area contributed by atoms with Crippen LogP contribution < -0.4 is 0 Å². The van der Waals surface area contributed by atoms with E-state index in [1.54, 1.807) is 0 Å². The van der Waals surface area contributed by atoms with Crippen molar-refractivity contribution in [3.63, 3.8) is 0 Å². The zero-order valence-corrected chi connectivity index (χ0v) is 12.2. The van der Waals surface area contributed by atoms with Gasteiger partial charge in [0.1, 0.15) is 11.6 Å². The molecule has 20 heavy (non-hydrogen) atoms. The third kappa shape index (κ3) is 2.17. The number of benzene rings is 2. The maximum Gasteiger partial charge on any atom is 0.144 e. The van der Waals surface area contributed by atoms with Gasteiger partial charge in [-0.1, -0.05) is 23.7 Å². The van der Waals surface area contributed by atoms with Gasteiger partial charge in [-0.15, -0.1) is 11.6 Å². The third-order valence-corrected chi connectivity index (χ3v) is 3.67. The Morgan fingerprint density at radius 2 is 2.05 bits per heavy atom. The first-order chi connectivity index (χ1) is 9.60. The lowest BCUT2D eigenvalue weighted by Crippen LogP contribution is -1.99. The largest absolute Gasteiger partial charge is 0.295 e. The molecular weight excluding hydrogens is 298 g/mol. The number of hydrogen-bond donors (Lipinski definition) is 0. The topological polar surface area (TPSA) is 17.8 Å². The monoisotopic (exact) mass is 308 g/mol. The van der Waals surface area contributed by atoms with Gasteiger partial charge >= 0.3 is 0 Å². The van der Waals surface area contributed by atoms with Crippen molar-refractivity contribution in [3.05, 3.63) is 58.6 Å². The molecule has 0 aliphatic heterocycles. The molecule has 2 aromatic carbocycles. The van der Waals surface area contributed by atoms with Gasteiger partial charge in [-0.2, -0.15) is 0 Å². The molecule has 0 N–H and O–H groups in total. The molecular formula is C15H11Cl2FN2. The molecule has 0 atom stereocenters. The molecule has 1 aromatic heterocycles. The van der Waals surface area contributed by atoms with E-state index in [1.807, 2.05) is 35.8 Å². The van der Waals surface area contributed by atoms with Gasteiger partial charge in [0.25, 0.3) is 0 Å². The van der Waals surface area contributed by atoms with Crippen LogP contribution in [0.25, 0.3) is 16.7 Å². The van der Waals surface area contributed by atoms with Crippen molar-refractivity contribution in [2.24, 2.45) is 0 Å². The molecule has 1 heterocycles. The second-order valence-corrected chi connectivity index (χ2v) is 5.27. The molecule has 0 unspecified atom stereocenters. The fraction of sp³-hybridized carbons (Fsp3) is 0.133. The first-order valence-electron chi connectivity index (χ1n) is 6.09. The van der Waals surface area contributed by atoms with Gasteiger partial charge in [-0.05, 0) is 30.7 Å². The maximum atomic E-state index is 13.7. The van der Waals surface area contributed by atoms with Crippen LogP contribution in [0.2, 0.25) is 5.02 Å². The molecule has 0 fully saturated rings. The molecule has 3 rings (SSSR count). The van der Waals surface area contributed by atoms with Gasteiger partial charge in [0.05, 0.1) is 21.9 Å². The molecule has 0 amide bonds. The van der Waals surface area contributed by atoms with E-state index in [4.69, 9.17) is 23.2 Å². The van der Waals surface area contributed by atoms with E-state index < -0.39 is 5.82 Å². The van der Waals surface area contributed by atoms with Gasteiger partial charge < -0.3 is 0 Å². The summed E-state index contributed by atoms with van der Waals surface area (Å²) in [6, 6.07) is 10.8. The quantitative estimate of drug-likeness (QED) is 0.618. The van der Waals surface area contributed by atoms with E-state index in [0.717, 1.165) is 11.3 Å². The standard InChI is InChI=1S/C15H11Cl2FN2/c1-9-3-2-4-10(5-9)20-14-7-12(18)11(17)6-13(14)19-15(20)8-16/h2-7H,8H2,1H3. The van der Waals surface area contributed by atoms with E-state index in [-0.39, 0.29) is 10.9 Å². The number of alkyl halides is 1. The Morgan fingerprint density at radius 1 is 1.25 bits per heavy atom. The lowest BCUT2D eigenvalue weighted by molar-refractivity contribution is 0.629. The first-order valence-corrected chi connectivity index (χ1v) is 7.01. The number of aryl methyl sites for hydroxylation is 1. The SMILES string of the molecule is Cc1cccc(-n2c(CCl)nc3cc(Cl)c(F)cc32)c1. The van der Waals surface area contributed by atoms with Crippen molar-refractivity contribution < 1.29 is 4.39 Å². The van der Waals surface area contributed by atoms with Crippen molar-refractivity contribution >= 4 is 34.2 Å². The Kier molecular flexibility index (Phi) is 3.40. The minimum absolute atomic E-state index is 0.0625. The summed E-state index contributed by atoms with van der Waals surface area (Å²) in [4.78, 5) is 4.42. The zero-order valence-electron chi connectivity index (χ0n) is 10.7. The Morgan fingerprint density at radius 3 is 2.75 bits per heavy atom. The highest BCUT2D eigenvalue weighted by Crippen LogP contribution is 2.27. The zero-order chi connectivity index (χ0) is 14.3. The average Bonchev–Trinajstić information content (AvgIpc) is 2.77. The van der Waals surface area contributed by atoms with E-state index in [1.165, 1.54) is 12.1 Å². The van der Waals surface area contributed by atoms with Crippen LogP contribution in [0.15, 0.2) is 36.4 Å². The van der Waals surface area contributed by atoms with E-state index in [2.05, 4.69) is 4.98 Å². The number of nitrogens with zero attached hydrogens (tertiary/aromatic N) is 2. The predicted molar refractivity (Wildman–Crippen MR) is 80.3 cm³/mol. The summed E-state index contributed by atoms with van der Waals surface area (Å²) >= 11 is 11.8. The van der Waals surface area contributed by atoms with Crippen LogP contribution in [0.5, 0.6) is 0 Å². The summed E-state index contributed by atoms with van der Waals surface area (Å²) in [5, 5.41) is 0.0625. The van der Waals surface area contributed by atoms with Crippen LogP contribution in [-0.4, -0.2) is 9.55 Å². The fourth-order valence-electron chi connectivity index (χ4n) is 2.27. The van der Waals surface area contributed by atoms with Gasteiger partial charge in [0.15, 0.2) is 0 Å². The van der Waals surface area contributed by atoms with E-state index >= 15 is 0 Å². The van der Waals surface area contributed by atoms with Crippen molar-refractivity contribution in [2.75, 3.05) is 0 Å². The molecule has 0 aliphatic carbocycles. The summed E-state index contributed by atoms with van der Waals surface area (Å²) in [6.45, 7) is 2.00. The number of rotatable bonds is 2. The first kappa shape index (κ1) is 13.4. The highest BCUT2D eigenvalue weighted by atomic mass is 35.5. The lowest BCUT2D eigenvalue weighted by atomic mass is 10.2. The fourth-order valence-corrected chi connectivity index (χ4v) is 2.60. The Balaban J connectivity index is 2.35. The smallest absolute Gasteiger partial charge is 0.144 e. The molecule has 0 saturated heterocycles. The van der Waals surface area contributed by atoms with Crippen LogP contribution in [0.3, 0.4) is 0 Å². The summed E-state index contributed by atoms with van der Waals surface area (Å²) in [5.74, 6) is 0.435. The van der Waals surface area contributed by atoms with Crippen molar-refractivity contribution in [3.8, 4) is 5.69 Å². The molecule has 2 nitrogen and oxygen atoms in total. The predicted octanol–water partition coefficient (Wildman–Crippen LogP) is 4.87. The normalized spacial score (nSPS) is 11.2.